The third-order valence-corrected chi connectivity index (χ3v) is 3.34. The summed E-state index contributed by atoms with van der Waals surface area (Å²) in [4.78, 5) is 3.45. The van der Waals surface area contributed by atoms with Crippen molar-refractivity contribution >= 4 is 22.5 Å². The Kier molecular flexibility index (Phi) is 2.19. The summed E-state index contributed by atoms with van der Waals surface area (Å²) in [6, 6.07) is 8.24. The van der Waals surface area contributed by atoms with Crippen molar-refractivity contribution in [1.29, 1.82) is 0 Å². The topological polar surface area (TPSA) is 27.8 Å². The van der Waals surface area contributed by atoms with Crippen molar-refractivity contribution in [2.24, 2.45) is 0 Å². The predicted octanol–water partition coefficient (Wildman–Crippen LogP) is 2.90. The molecule has 0 saturated carbocycles. The molecule has 1 fully saturated rings. The lowest BCUT2D eigenvalue weighted by Gasteiger charge is -2.03. The molecule has 1 aromatic heterocycles. The summed E-state index contributed by atoms with van der Waals surface area (Å²) in [6.07, 6.45) is 1.22. The van der Waals surface area contributed by atoms with Gasteiger partial charge in [0.05, 0.1) is 0 Å². The van der Waals surface area contributed by atoms with Crippen molar-refractivity contribution in [3.8, 4) is 0 Å². The van der Waals surface area contributed by atoms with Crippen LogP contribution < -0.4 is 5.32 Å². The van der Waals surface area contributed by atoms with E-state index in [0.29, 0.717) is 5.92 Å². The average Bonchev–Trinajstić information content (AvgIpc) is 2.84. The smallest absolute Gasteiger partial charge is 0.0471 e. The van der Waals surface area contributed by atoms with E-state index < -0.39 is 0 Å². The molecule has 1 saturated heterocycles. The van der Waals surface area contributed by atoms with Crippen molar-refractivity contribution < 1.29 is 0 Å². The zero-order chi connectivity index (χ0) is 10.3. The van der Waals surface area contributed by atoms with Gasteiger partial charge >= 0.3 is 0 Å². The molecule has 78 valence electrons. The molecule has 0 radical (unpaired) electrons. The number of fused-ring (bicyclic) bond motifs is 1. The van der Waals surface area contributed by atoms with Crippen molar-refractivity contribution in [1.82, 2.24) is 10.3 Å². The monoisotopic (exact) mass is 220 g/mol. The summed E-state index contributed by atoms with van der Waals surface area (Å²) in [7, 11) is 0. The maximum Gasteiger partial charge on any atom is 0.0471 e. The van der Waals surface area contributed by atoms with E-state index in [9.17, 15) is 0 Å². The van der Waals surface area contributed by atoms with Crippen LogP contribution in [0.1, 0.15) is 18.0 Å². The Morgan fingerprint density at radius 3 is 3.00 bits per heavy atom. The van der Waals surface area contributed by atoms with Crippen molar-refractivity contribution in [2.75, 3.05) is 13.1 Å². The highest BCUT2D eigenvalue weighted by atomic mass is 35.5. The zero-order valence-corrected chi connectivity index (χ0v) is 9.14. The minimum absolute atomic E-state index is 0.635. The van der Waals surface area contributed by atoms with Gasteiger partial charge in [-0.2, -0.15) is 0 Å². The fourth-order valence-corrected chi connectivity index (χ4v) is 2.43. The van der Waals surface area contributed by atoms with Crippen LogP contribution in [0.4, 0.5) is 0 Å². The minimum atomic E-state index is 0.635. The van der Waals surface area contributed by atoms with Gasteiger partial charge in [0.2, 0.25) is 0 Å². The average molecular weight is 221 g/mol. The van der Waals surface area contributed by atoms with Crippen LogP contribution in [0.2, 0.25) is 5.02 Å². The highest BCUT2D eigenvalue weighted by Crippen LogP contribution is 2.26. The molecule has 1 aromatic carbocycles. The Balaban J connectivity index is 2.05. The normalized spacial score (nSPS) is 21.3. The standard InChI is InChI=1S/C12H13ClN2/c13-10-2-1-8-5-11(15-12(8)6-10)9-3-4-14-7-9/h1-2,5-6,9,14-15H,3-4,7H2/t9-/m1/s1. The van der Waals surface area contributed by atoms with Gasteiger partial charge in [-0.15, -0.1) is 0 Å². The Morgan fingerprint density at radius 2 is 2.20 bits per heavy atom. The first kappa shape index (κ1) is 9.25. The van der Waals surface area contributed by atoms with Crippen LogP contribution in [0.25, 0.3) is 10.9 Å². The molecule has 1 atom stereocenters. The highest BCUT2D eigenvalue weighted by Gasteiger charge is 2.18. The van der Waals surface area contributed by atoms with Gasteiger partial charge in [0.1, 0.15) is 0 Å². The molecule has 15 heavy (non-hydrogen) atoms. The number of rotatable bonds is 1. The van der Waals surface area contributed by atoms with Gasteiger partial charge in [-0.05, 0) is 36.6 Å². The number of halogens is 1. The van der Waals surface area contributed by atoms with Crippen LogP contribution in [0.5, 0.6) is 0 Å². The van der Waals surface area contributed by atoms with Gasteiger partial charge in [0.25, 0.3) is 0 Å². The van der Waals surface area contributed by atoms with Gasteiger partial charge in [-0.3, -0.25) is 0 Å². The summed E-state index contributed by atoms with van der Waals surface area (Å²) in [5.74, 6) is 0.635. The van der Waals surface area contributed by atoms with E-state index in [2.05, 4.69) is 22.4 Å². The van der Waals surface area contributed by atoms with Crippen LogP contribution in [-0.2, 0) is 0 Å². The lowest BCUT2D eigenvalue weighted by Crippen LogP contribution is -2.07. The lowest BCUT2D eigenvalue weighted by molar-refractivity contribution is 0.743. The molecule has 2 aromatic rings. The van der Waals surface area contributed by atoms with E-state index in [0.717, 1.165) is 23.6 Å². The van der Waals surface area contributed by atoms with Gasteiger partial charge < -0.3 is 10.3 Å². The summed E-state index contributed by atoms with van der Waals surface area (Å²) in [5.41, 5.74) is 2.47. The van der Waals surface area contributed by atoms with Crippen molar-refractivity contribution in [3.63, 3.8) is 0 Å². The van der Waals surface area contributed by atoms with Crippen LogP contribution in [0, 0.1) is 0 Å². The molecule has 0 bridgehead atoms. The second-order valence-corrected chi connectivity index (χ2v) is 4.58. The van der Waals surface area contributed by atoms with E-state index >= 15 is 0 Å². The molecule has 1 aliphatic heterocycles. The second kappa shape index (κ2) is 3.54. The molecule has 0 unspecified atom stereocenters. The van der Waals surface area contributed by atoms with Crippen LogP contribution in [0.3, 0.4) is 0 Å². The zero-order valence-electron chi connectivity index (χ0n) is 8.39. The predicted molar refractivity (Wildman–Crippen MR) is 63.5 cm³/mol. The van der Waals surface area contributed by atoms with E-state index in [1.807, 2.05) is 12.1 Å². The Morgan fingerprint density at radius 1 is 1.27 bits per heavy atom. The SMILES string of the molecule is Clc1ccc2cc([C@@H]3CCNC3)[nH]c2c1. The molecular weight excluding hydrogens is 208 g/mol. The number of nitrogens with one attached hydrogen (secondary N) is 2. The Hall–Kier alpha value is -0.990. The van der Waals surface area contributed by atoms with Gasteiger partial charge in [-0.25, -0.2) is 0 Å². The van der Waals surface area contributed by atoms with E-state index in [-0.39, 0.29) is 0 Å². The summed E-state index contributed by atoms with van der Waals surface area (Å²) in [6.45, 7) is 2.21. The first-order valence-corrected chi connectivity index (χ1v) is 5.69. The molecule has 3 rings (SSSR count). The lowest BCUT2D eigenvalue weighted by atomic mass is 10.1. The maximum atomic E-state index is 5.96. The Labute approximate surface area is 93.6 Å². The molecule has 3 heteroatoms. The first-order chi connectivity index (χ1) is 7.33. The first-order valence-electron chi connectivity index (χ1n) is 5.32. The summed E-state index contributed by atoms with van der Waals surface area (Å²) >= 11 is 5.96. The number of H-pyrrole nitrogens is 1. The van der Waals surface area contributed by atoms with Crippen molar-refractivity contribution in [3.05, 3.63) is 35.0 Å². The van der Waals surface area contributed by atoms with Crippen LogP contribution in [0.15, 0.2) is 24.3 Å². The minimum Gasteiger partial charge on any atom is -0.358 e. The Bertz CT molecular complexity index is 483. The molecule has 1 aliphatic rings. The molecule has 2 heterocycles. The number of aromatic nitrogens is 1. The van der Waals surface area contributed by atoms with Gasteiger partial charge in [0.15, 0.2) is 0 Å². The fraction of sp³-hybridized carbons (Fsp3) is 0.333. The van der Waals surface area contributed by atoms with Crippen LogP contribution in [-0.4, -0.2) is 18.1 Å². The fourth-order valence-electron chi connectivity index (χ4n) is 2.26. The third-order valence-electron chi connectivity index (χ3n) is 3.11. The molecular formula is C12H13ClN2. The van der Waals surface area contributed by atoms with E-state index in [4.69, 9.17) is 11.6 Å². The largest absolute Gasteiger partial charge is 0.358 e. The quantitative estimate of drug-likeness (QED) is 0.760. The highest BCUT2D eigenvalue weighted by molar-refractivity contribution is 6.31. The molecule has 0 aliphatic carbocycles. The molecule has 2 N–H and O–H groups in total. The number of hydrogen-bond acceptors (Lipinski definition) is 1. The molecule has 0 amide bonds. The molecule has 2 nitrogen and oxygen atoms in total. The number of aromatic amines is 1. The second-order valence-electron chi connectivity index (χ2n) is 4.15. The van der Waals surface area contributed by atoms with E-state index in [1.165, 1.54) is 17.5 Å². The van der Waals surface area contributed by atoms with Crippen molar-refractivity contribution in [2.45, 2.75) is 12.3 Å². The molecule has 0 spiro atoms. The van der Waals surface area contributed by atoms with Gasteiger partial charge in [0, 0.05) is 28.7 Å². The summed E-state index contributed by atoms with van der Waals surface area (Å²) < 4.78 is 0. The van der Waals surface area contributed by atoms with Crippen LogP contribution >= 0.6 is 11.6 Å². The van der Waals surface area contributed by atoms with Gasteiger partial charge in [-0.1, -0.05) is 17.7 Å². The number of hydrogen-bond donors (Lipinski definition) is 2. The third kappa shape index (κ3) is 1.64. The maximum absolute atomic E-state index is 5.96. The summed E-state index contributed by atoms with van der Waals surface area (Å²) in [5, 5.41) is 5.42. The van der Waals surface area contributed by atoms with E-state index in [1.54, 1.807) is 0 Å². The number of benzene rings is 1.